The van der Waals surface area contributed by atoms with Gasteiger partial charge in [-0.3, -0.25) is 0 Å². The molecule has 0 spiro atoms. The van der Waals surface area contributed by atoms with E-state index in [4.69, 9.17) is 5.73 Å². The van der Waals surface area contributed by atoms with Crippen LogP contribution < -0.4 is 5.73 Å². The summed E-state index contributed by atoms with van der Waals surface area (Å²) in [6, 6.07) is 2.47. The predicted octanol–water partition coefficient (Wildman–Crippen LogP) is 4.65. The Morgan fingerprint density at radius 3 is 2.82 bits per heavy atom. The maximum absolute atomic E-state index is 6.41. The Hall–Kier alpha value is 0.140. The van der Waals surface area contributed by atoms with Crippen molar-refractivity contribution in [1.82, 2.24) is 0 Å². The fourth-order valence-corrected chi connectivity index (χ4v) is 5.73. The predicted molar refractivity (Wildman–Crippen MR) is 77.2 cm³/mol. The van der Waals surface area contributed by atoms with Crippen LogP contribution in [0.1, 0.15) is 48.6 Å². The average molecular weight is 314 g/mol. The van der Waals surface area contributed by atoms with Crippen LogP contribution in [0, 0.1) is 24.7 Å². The van der Waals surface area contributed by atoms with Gasteiger partial charge in [-0.05, 0) is 77.9 Å². The second-order valence-electron chi connectivity index (χ2n) is 5.84. The normalized spacial score (nSPS) is 33.2. The fourth-order valence-electron chi connectivity index (χ4n) is 3.94. The summed E-state index contributed by atoms with van der Waals surface area (Å²) in [6.45, 7) is 2.19. The molecule has 2 aliphatic rings. The molecule has 2 N–H and O–H groups in total. The highest BCUT2D eigenvalue weighted by Gasteiger charge is 2.39. The first-order chi connectivity index (χ1) is 8.13. The van der Waals surface area contributed by atoms with Crippen molar-refractivity contribution in [3.05, 3.63) is 20.3 Å². The van der Waals surface area contributed by atoms with Gasteiger partial charge in [0.1, 0.15) is 0 Å². The monoisotopic (exact) mass is 313 g/mol. The van der Waals surface area contributed by atoms with Crippen LogP contribution in [0.25, 0.3) is 0 Å². The molecular formula is C14H20BrNS. The fraction of sp³-hybridized carbons (Fsp3) is 0.714. The molecule has 17 heavy (non-hydrogen) atoms. The smallest absolute Gasteiger partial charge is 0.0704 e. The third kappa shape index (κ3) is 2.34. The summed E-state index contributed by atoms with van der Waals surface area (Å²) < 4.78 is 1.22. The van der Waals surface area contributed by atoms with Crippen LogP contribution >= 0.6 is 27.3 Å². The number of aryl methyl sites for hydroxylation is 1. The minimum atomic E-state index is 0.252. The van der Waals surface area contributed by atoms with Crippen LogP contribution in [0.2, 0.25) is 0 Å². The van der Waals surface area contributed by atoms with Gasteiger partial charge >= 0.3 is 0 Å². The zero-order valence-electron chi connectivity index (χ0n) is 10.3. The van der Waals surface area contributed by atoms with Gasteiger partial charge in [-0.2, -0.15) is 0 Å². The quantitative estimate of drug-likeness (QED) is 0.864. The van der Waals surface area contributed by atoms with Crippen LogP contribution in [0.3, 0.4) is 0 Å². The van der Waals surface area contributed by atoms with Crippen molar-refractivity contribution in [3.63, 3.8) is 0 Å². The lowest BCUT2D eigenvalue weighted by Gasteiger charge is -2.24. The van der Waals surface area contributed by atoms with Gasteiger partial charge < -0.3 is 5.73 Å². The van der Waals surface area contributed by atoms with Gasteiger partial charge in [0.2, 0.25) is 0 Å². The first kappa shape index (κ1) is 12.2. The van der Waals surface area contributed by atoms with Crippen LogP contribution in [-0.2, 0) is 0 Å². The maximum atomic E-state index is 6.41. The van der Waals surface area contributed by atoms with Crippen molar-refractivity contribution < 1.29 is 0 Å². The van der Waals surface area contributed by atoms with E-state index in [0.29, 0.717) is 0 Å². The van der Waals surface area contributed by atoms with Gasteiger partial charge in [0.25, 0.3) is 0 Å². The second kappa shape index (κ2) is 4.67. The van der Waals surface area contributed by atoms with E-state index in [1.165, 1.54) is 46.3 Å². The number of nitrogens with two attached hydrogens (primary N) is 1. The highest BCUT2D eigenvalue weighted by atomic mass is 79.9. The van der Waals surface area contributed by atoms with Gasteiger partial charge in [0.05, 0.1) is 3.79 Å². The van der Waals surface area contributed by atoms with Crippen molar-refractivity contribution in [2.45, 2.75) is 45.1 Å². The minimum Gasteiger partial charge on any atom is -0.324 e. The Morgan fingerprint density at radius 2 is 2.29 bits per heavy atom. The molecule has 0 saturated heterocycles. The Bertz CT molecular complexity index is 414. The third-order valence-corrected chi connectivity index (χ3v) is 6.34. The largest absolute Gasteiger partial charge is 0.324 e. The Labute approximate surface area is 116 Å². The van der Waals surface area contributed by atoms with Crippen molar-refractivity contribution in [3.8, 4) is 0 Å². The summed E-state index contributed by atoms with van der Waals surface area (Å²) >= 11 is 5.37. The zero-order chi connectivity index (χ0) is 12.0. The van der Waals surface area contributed by atoms with Crippen LogP contribution in [0.4, 0.5) is 0 Å². The summed E-state index contributed by atoms with van der Waals surface area (Å²) in [5, 5.41) is 0. The molecule has 0 amide bonds. The SMILES string of the molecule is Cc1sc(Br)cc1C(N)CC1CC2CCC1C2. The summed E-state index contributed by atoms with van der Waals surface area (Å²) in [4.78, 5) is 1.38. The number of hydrogen-bond acceptors (Lipinski definition) is 2. The molecule has 1 heterocycles. The van der Waals surface area contributed by atoms with Gasteiger partial charge in [-0.1, -0.05) is 6.42 Å². The van der Waals surface area contributed by atoms with E-state index in [1.807, 2.05) is 11.3 Å². The van der Waals surface area contributed by atoms with Crippen molar-refractivity contribution in [1.29, 1.82) is 0 Å². The van der Waals surface area contributed by atoms with Crippen molar-refractivity contribution in [2.75, 3.05) is 0 Å². The summed E-state index contributed by atoms with van der Waals surface area (Å²) in [5.41, 5.74) is 7.77. The first-order valence-corrected chi connectivity index (χ1v) is 8.26. The molecule has 0 aromatic carbocycles. The average Bonchev–Trinajstić information content (AvgIpc) is 2.93. The molecule has 4 atom stereocenters. The minimum absolute atomic E-state index is 0.252. The number of fused-ring (bicyclic) bond motifs is 2. The lowest BCUT2D eigenvalue weighted by atomic mass is 9.83. The standard InChI is InChI=1S/C14H20BrNS/c1-8-12(7-14(15)17-8)13(16)6-11-5-9-2-3-10(11)4-9/h7,9-11,13H,2-6,16H2,1H3. The molecule has 94 valence electrons. The maximum Gasteiger partial charge on any atom is 0.0704 e. The number of thiophene rings is 1. The van der Waals surface area contributed by atoms with E-state index >= 15 is 0 Å². The van der Waals surface area contributed by atoms with Gasteiger partial charge in [-0.25, -0.2) is 0 Å². The van der Waals surface area contributed by atoms with Crippen LogP contribution in [0.15, 0.2) is 9.85 Å². The molecule has 1 nitrogen and oxygen atoms in total. The molecule has 1 aromatic rings. The molecule has 3 rings (SSSR count). The van der Waals surface area contributed by atoms with E-state index in [-0.39, 0.29) is 6.04 Å². The Kier molecular flexibility index (Phi) is 3.35. The highest BCUT2D eigenvalue weighted by molar-refractivity contribution is 9.11. The summed E-state index contributed by atoms with van der Waals surface area (Å²) in [6.07, 6.45) is 7.09. The number of hydrogen-bond donors (Lipinski definition) is 1. The van der Waals surface area contributed by atoms with Gasteiger partial charge in [-0.15, -0.1) is 11.3 Å². The third-order valence-electron chi connectivity index (χ3n) is 4.77. The molecule has 2 saturated carbocycles. The number of halogens is 1. The molecule has 3 heteroatoms. The van der Waals surface area contributed by atoms with Crippen molar-refractivity contribution >= 4 is 27.3 Å². The van der Waals surface area contributed by atoms with Gasteiger partial charge in [0, 0.05) is 10.9 Å². The summed E-state index contributed by atoms with van der Waals surface area (Å²) in [7, 11) is 0. The van der Waals surface area contributed by atoms with Crippen molar-refractivity contribution in [2.24, 2.45) is 23.5 Å². The van der Waals surface area contributed by atoms with Crippen LogP contribution in [-0.4, -0.2) is 0 Å². The van der Waals surface area contributed by atoms with E-state index in [9.17, 15) is 0 Å². The molecule has 2 aliphatic carbocycles. The van der Waals surface area contributed by atoms with E-state index in [1.54, 1.807) is 0 Å². The van der Waals surface area contributed by atoms with Gasteiger partial charge in [0.15, 0.2) is 0 Å². The lowest BCUT2D eigenvalue weighted by molar-refractivity contribution is 0.296. The van der Waals surface area contributed by atoms with E-state index in [0.717, 1.165) is 17.8 Å². The molecule has 0 aliphatic heterocycles. The van der Waals surface area contributed by atoms with E-state index in [2.05, 4.69) is 28.9 Å². The van der Waals surface area contributed by atoms with Crippen LogP contribution in [0.5, 0.6) is 0 Å². The summed E-state index contributed by atoms with van der Waals surface area (Å²) in [5.74, 6) is 2.93. The first-order valence-electron chi connectivity index (χ1n) is 6.65. The topological polar surface area (TPSA) is 26.0 Å². The molecule has 4 unspecified atom stereocenters. The zero-order valence-corrected chi connectivity index (χ0v) is 12.7. The highest BCUT2D eigenvalue weighted by Crippen LogP contribution is 2.51. The molecule has 0 radical (unpaired) electrons. The molecule has 1 aromatic heterocycles. The lowest BCUT2D eigenvalue weighted by Crippen LogP contribution is -2.19. The Balaban J connectivity index is 1.67. The molecular weight excluding hydrogens is 294 g/mol. The Morgan fingerprint density at radius 1 is 1.47 bits per heavy atom. The number of rotatable bonds is 3. The molecule has 2 bridgehead atoms. The van der Waals surface area contributed by atoms with E-state index < -0.39 is 0 Å². The molecule has 2 fully saturated rings. The second-order valence-corrected chi connectivity index (χ2v) is 8.47.